The molecule has 0 aliphatic heterocycles. The second-order valence-electron chi connectivity index (χ2n) is 4.04. The number of hydrogen-bond acceptors (Lipinski definition) is 4. The lowest BCUT2D eigenvalue weighted by atomic mass is 10.2. The van der Waals surface area contributed by atoms with Crippen molar-refractivity contribution in [3.8, 4) is 5.75 Å². The molecule has 2 aromatic rings. The molecule has 0 radical (unpaired) electrons. The van der Waals surface area contributed by atoms with Gasteiger partial charge in [-0.1, -0.05) is 23.2 Å². The second-order valence-corrected chi connectivity index (χ2v) is 4.88. The average molecular weight is 381 g/mol. The highest BCUT2D eigenvalue weighted by Gasteiger charge is 2.15. The first kappa shape index (κ1) is 23.8. The Balaban J connectivity index is 0. The highest BCUT2D eigenvalue weighted by atomic mass is 35.5. The topological polar surface area (TPSA) is 187 Å². The van der Waals surface area contributed by atoms with Crippen LogP contribution in [0, 0.1) is 10.1 Å². The van der Waals surface area contributed by atoms with Gasteiger partial charge in [-0.15, -0.1) is 0 Å². The summed E-state index contributed by atoms with van der Waals surface area (Å²) in [7, 11) is 0. The Morgan fingerprint density at radius 1 is 1.08 bits per heavy atom. The molecular formula is C13H14Cl2N2O7. The third-order valence-corrected chi connectivity index (χ3v) is 3.16. The number of halogens is 2. The predicted molar refractivity (Wildman–Crippen MR) is 90.0 cm³/mol. The number of nitrogens with one attached hydrogen (secondary N) is 1. The summed E-state index contributed by atoms with van der Waals surface area (Å²) >= 11 is 11.6. The monoisotopic (exact) mass is 380 g/mol. The maximum absolute atomic E-state index is 12.0. The van der Waals surface area contributed by atoms with Gasteiger partial charge in [0.25, 0.3) is 11.6 Å². The molecule has 24 heavy (non-hydrogen) atoms. The summed E-state index contributed by atoms with van der Waals surface area (Å²) in [6, 6.07) is 7.65. The first-order valence-electron chi connectivity index (χ1n) is 5.62. The van der Waals surface area contributed by atoms with Crippen LogP contribution < -0.4 is 5.32 Å². The van der Waals surface area contributed by atoms with Crippen molar-refractivity contribution in [2.45, 2.75) is 0 Å². The molecule has 0 heterocycles. The molecular weight excluding hydrogens is 367 g/mol. The molecule has 9 nitrogen and oxygen atoms in total. The van der Waals surface area contributed by atoms with Crippen LogP contribution in [0.15, 0.2) is 36.4 Å². The molecule has 0 bridgehead atoms. The summed E-state index contributed by atoms with van der Waals surface area (Å²) in [5, 5.41) is 23.0. The number of amides is 1. The first-order valence-corrected chi connectivity index (χ1v) is 6.38. The van der Waals surface area contributed by atoms with E-state index in [0.29, 0.717) is 0 Å². The van der Waals surface area contributed by atoms with Crippen LogP contribution in [0.4, 0.5) is 11.4 Å². The Hall–Kier alpha value is -2.43. The second kappa shape index (κ2) is 9.65. The fraction of sp³-hybridized carbons (Fsp3) is 0. The van der Waals surface area contributed by atoms with Crippen LogP contribution in [0.1, 0.15) is 10.4 Å². The summed E-state index contributed by atoms with van der Waals surface area (Å²) in [4.78, 5) is 22.0. The molecule has 0 saturated carbocycles. The van der Waals surface area contributed by atoms with Gasteiger partial charge in [0.1, 0.15) is 5.75 Å². The number of non-ortho nitro benzene ring substituents is 1. The van der Waals surface area contributed by atoms with E-state index < -0.39 is 10.8 Å². The summed E-state index contributed by atoms with van der Waals surface area (Å²) in [5.74, 6) is -0.874. The third-order valence-electron chi connectivity index (χ3n) is 2.61. The van der Waals surface area contributed by atoms with Crippen molar-refractivity contribution in [2.75, 3.05) is 5.32 Å². The number of hydrogen-bond donors (Lipinski definition) is 2. The normalized spacial score (nSPS) is 8.92. The SMILES string of the molecule is O.O.O.O=C(Nc1ccc([N+](=O)[O-])cc1Cl)c1cc(Cl)ccc1O. The fourth-order valence-electron chi connectivity index (χ4n) is 1.60. The highest BCUT2D eigenvalue weighted by molar-refractivity contribution is 6.34. The lowest BCUT2D eigenvalue weighted by Crippen LogP contribution is -2.12. The Kier molecular flexibility index (Phi) is 9.58. The van der Waals surface area contributed by atoms with Crippen LogP contribution in [0.5, 0.6) is 5.75 Å². The maximum Gasteiger partial charge on any atom is 0.271 e. The van der Waals surface area contributed by atoms with Crippen molar-refractivity contribution in [1.29, 1.82) is 0 Å². The van der Waals surface area contributed by atoms with E-state index in [9.17, 15) is 20.0 Å². The molecule has 0 aliphatic carbocycles. The zero-order chi connectivity index (χ0) is 15.6. The number of nitro groups is 1. The predicted octanol–water partition coefficient (Wildman–Crippen LogP) is 1.39. The van der Waals surface area contributed by atoms with E-state index in [4.69, 9.17) is 23.2 Å². The minimum atomic E-state index is -0.634. The first-order chi connectivity index (χ1) is 9.88. The molecule has 0 aromatic heterocycles. The number of phenolic OH excluding ortho intramolecular Hbond substituents is 1. The number of aromatic hydroxyl groups is 1. The van der Waals surface area contributed by atoms with Crippen LogP contribution in [-0.4, -0.2) is 32.4 Å². The molecule has 132 valence electrons. The van der Waals surface area contributed by atoms with Crippen molar-refractivity contribution in [3.05, 3.63) is 62.1 Å². The Morgan fingerprint density at radius 2 is 1.71 bits per heavy atom. The molecule has 0 atom stereocenters. The number of rotatable bonds is 3. The van der Waals surface area contributed by atoms with Crippen LogP contribution >= 0.6 is 23.2 Å². The van der Waals surface area contributed by atoms with Crippen molar-refractivity contribution in [2.24, 2.45) is 0 Å². The van der Waals surface area contributed by atoms with Gasteiger partial charge in [0.15, 0.2) is 0 Å². The minimum Gasteiger partial charge on any atom is -0.507 e. The summed E-state index contributed by atoms with van der Waals surface area (Å²) in [6.45, 7) is 0. The lowest BCUT2D eigenvalue weighted by molar-refractivity contribution is -0.384. The van der Waals surface area contributed by atoms with Gasteiger partial charge < -0.3 is 26.9 Å². The van der Waals surface area contributed by atoms with Gasteiger partial charge in [0.2, 0.25) is 0 Å². The van der Waals surface area contributed by atoms with Gasteiger partial charge >= 0.3 is 0 Å². The molecule has 0 saturated heterocycles. The zero-order valence-corrected chi connectivity index (χ0v) is 13.4. The van der Waals surface area contributed by atoms with Crippen LogP contribution in [0.2, 0.25) is 10.0 Å². The van der Waals surface area contributed by atoms with Gasteiger partial charge in [-0.2, -0.15) is 0 Å². The fourth-order valence-corrected chi connectivity index (χ4v) is 1.99. The third kappa shape index (κ3) is 5.33. The maximum atomic E-state index is 12.0. The van der Waals surface area contributed by atoms with E-state index in [0.717, 1.165) is 6.07 Å². The number of carbonyl (C=O) groups is 1. The van der Waals surface area contributed by atoms with Crippen LogP contribution in [0.3, 0.4) is 0 Å². The van der Waals surface area contributed by atoms with E-state index in [1.54, 1.807) is 0 Å². The number of anilines is 1. The number of benzene rings is 2. The van der Waals surface area contributed by atoms with E-state index in [1.165, 1.54) is 30.3 Å². The Labute approximate surface area is 145 Å². The number of nitrogens with zero attached hydrogens (tertiary/aromatic N) is 1. The molecule has 1 amide bonds. The molecule has 11 heteroatoms. The van der Waals surface area contributed by atoms with Crippen molar-refractivity contribution in [3.63, 3.8) is 0 Å². The number of phenols is 1. The van der Waals surface area contributed by atoms with E-state index in [2.05, 4.69) is 5.32 Å². The zero-order valence-electron chi connectivity index (χ0n) is 11.8. The van der Waals surface area contributed by atoms with Gasteiger partial charge in [0.05, 0.1) is 21.2 Å². The molecule has 0 fully saturated rings. The van der Waals surface area contributed by atoms with Gasteiger partial charge in [0, 0.05) is 17.2 Å². The highest BCUT2D eigenvalue weighted by Crippen LogP contribution is 2.28. The van der Waals surface area contributed by atoms with E-state index >= 15 is 0 Å². The lowest BCUT2D eigenvalue weighted by Gasteiger charge is -2.08. The van der Waals surface area contributed by atoms with Gasteiger partial charge in [-0.3, -0.25) is 14.9 Å². The van der Waals surface area contributed by atoms with Crippen LogP contribution in [0.25, 0.3) is 0 Å². The van der Waals surface area contributed by atoms with Gasteiger partial charge in [-0.05, 0) is 24.3 Å². The standard InChI is InChI=1S/C13H8Cl2N2O4.3H2O/c14-7-1-4-12(18)9(5-7)13(19)16-11-3-2-8(17(20)21)6-10(11)15;;;/h1-6,18H,(H,16,19);3*1H2. The van der Waals surface area contributed by atoms with Crippen molar-refractivity contribution >= 4 is 40.5 Å². The Bertz CT molecular complexity index is 740. The summed E-state index contributed by atoms with van der Waals surface area (Å²) < 4.78 is 0. The minimum absolute atomic E-state index is 0. The average Bonchev–Trinajstić information content (AvgIpc) is 2.43. The largest absolute Gasteiger partial charge is 0.507 e. The van der Waals surface area contributed by atoms with Crippen molar-refractivity contribution < 1.29 is 31.3 Å². The molecule has 2 rings (SSSR count). The molecule has 0 aliphatic rings. The van der Waals surface area contributed by atoms with E-state index in [-0.39, 0.29) is 49.2 Å². The Morgan fingerprint density at radius 3 is 2.25 bits per heavy atom. The molecule has 8 N–H and O–H groups in total. The smallest absolute Gasteiger partial charge is 0.271 e. The summed E-state index contributed by atoms with van der Waals surface area (Å²) in [5.41, 5.74) is -0.0350. The van der Waals surface area contributed by atoms with E-state index in [1.807, 2.05) is 0 Å². The molecule has 0 spiro atoms. The summed E-state index contributed by atoms with van der Waals surface area (Å²) in [6.07, 6.45) is 0. The number of nitro benzene ring substituents is 1. The van der Waals surface area contributed by atoms with Crippen LogP contribution in [-0.2, 0) is 0 Å². The van der Waals surface area contributed by atoms with Gasteiger partial charge in [-0.25, -0.2) is 0 Å². The molecule has 2 aromatic carbocycles. The molecule has 0 unspecified atom stereocenters. The van der Waals surface area contributed by atoms with Crippen molar-refractivity contribution in [1.82, 2.24) is 0 Å². The number of carbonyl (C=O) groups excluding carboxylic acids is 1. The quantitative estimate of drug-likeness (QED) is 0.601.